The molecule has 2 heterocycles. The highest BCUT2D eigenvalue weighted by Gasteiger charge is 2.28. The normalized spacial score (nSPS) is 19.8. The number of aromatic nitrogens is 2. The van der Waals surface area contributed by atoms with E-state index in [1.807, 2.05) is 6.07 Å². The molecule has 4 rings (SSSR count). The molecule has 1 fully saturated rings. The van der Waals surface area contributed by atoms with Gasteiger partial charge in [-0.2, -0.15) is 0 Å². The Bertz CT molecular complexity index is 803. The van der Waals surface area contributed by atoms with Gasteiger partial charge in [-0.1, -0.05) is 17.4 Å². The standard InChI is InChI=1S/C19H24N4O2S/c1-12-16-11-15(25-2)6-5-13(16)7-9-23(12)10-8-17(24)20-19-22-21-18(26-19)14-3-4-14/h5-6,11-12,14H,3-4,7-10H2,1-2H3,(H,20,22,24)/t12-/m1/s1. The zero-order chi connectivity index (χ0) is 18.1. The van der Waals surface area contributed by atoms with Crippen LogP contribution in [0.5, 0.6) is 5.75 Å². The molecule has 138 valence electrons. The van der Waals surface area contributed by atoms with E-state index in [0.29, 0.717) is 17.5 Å². The van der Waals surface area contributed by atoms with Crippen LogP contribution in [0.2, 0.25) is 0 Å². The molecule has 1 aliphatic carbocycles. The Hall–Kier alpha value is -1.99. The van der Waals surface area contributed by atoms with Crippen LogP contribution in [-0.4, -0.2) is 41.2 Å². The average molecular weight is 372 g/mol. The fourth-order valence-corrected chi connectivity index (χ4v) is 4.41. The van der Waals surface area contributed by atoms with E-state index in [0.717, 1.165) is 30.3 Å². The van der Waals surface area contributed by atoms with E-state index in [4.69, 9.17) is 4.74 Å². The number of ether oxygens (including phenoxy) is 1. The summed E-state index contributed by atoms with van der Waals surface area (Å²) in [5, 5.41) is 12.8. The van der Waals surface area contributed by atoms with Crippen LogP contribution in [0.25, 0.3) is 0 Å². The summed E-state index contributed by atoms with van der Waals surface area (Å²) in [6.45, 7) is 3.90. The van der Waals surface area contributed by atoms with Crippen LogP contribution in [0.15, 0.2) is 18.2 Å². The second kappa shape index (κ2) is 7.32. The molecule has 26 heavy (non-hydrogen) atoms. The van der Waals surface area contributed by atoms with Gasteiger partial charge in [0.2, 0.25) is 11.0 Å². The van der Waals surface area contributed by atoms with Crippen LogP contribution in [-0.2, 0) is 11.2 Å². The number of amides is 1. The molecular weight excluding hydrogens is 348 g/mol. The smallest absolute Gasteiger partial charge is 0.227 e. The average Bonchev–Trinajstić information content (AvgIpc) is 3.40. The van der Waals surface area contributed by atoms with E-state index in [9.17, 15) is 4.79 Å². The third-order valence-electron chi connectivity index (χ3n) is 5.26. The Morgan fingerprint density at radius 2 is 2.23 bits per heavy atom. The first-order valence-corrected chi connectivity index (χ1v) is 10.00. The van der Waals surface area contributed by atoms with Gasteiger partial charge in [0.15, 0.2) is 0 Å². The van der Waals surface area contributed by atoms with Gasteiger partial charge in [-0.25, -0.2) is 0 Å². The minimum absolute atomic E-state index is 0.00661. The Morgan fingerprint density at radius 1 is 1.38 bits per heavy atom. The second-order valence-electron chi connectivity index (χ2n) is 7.04. The SMILES string of the molecule is COc1ccc2c(c1)[C@@H](C)N(CCC(=O)Nc1nnc(C3CC3)s1)CC2. The van der Waals surface area contributed by atoms with Gasteiger partial charge >= 0.3 is 0 Å². The number of nitrogens with zero attached hydrogens (tertiary/aromatic N) is 3. The fourth-order valence-electron chi connectivity index (χ4n) is 3.48. The van der Waals surface area contributed by atoms with E-state index < -0.39 is 0 Å². The summed E-state index contributed by atoms with van der Waals surface area (Å²) in [5.74, 6) is 1.47. The maximum atomic E-state index is 12.3. The highest BCUT2D eigenvalue weighted by Crippen LogP contribution is 2.42. The third kappa shape index (κ3) is 3.73. The van der Waals surface area contributed by atoms with Crippen molar-refractivity contribution in [1.29, 1.82) is 0 Å². The van der Waals surface area contributed by atoms with E-state index in [1.54, 1.807) is 7.11 Å². The number of hydrogen-bond donors (Lipinski definition) is 1. The third-order valence-corrected chi connectivity index (χ3v) is 6.26. The monoisotopic (exact) mass is 372 g/mol. The van der Waals surface area contributed by atoms with Crippen molar-refractivity contribution in [2.45, 2.75) is 44.6 Å². The van der Waals surface area contributed by atoms with Crippen molar-refractivity contribution in [3.63, 3.8) is 0 Å². The van der Waals surface area contributed by atoms with Crippen molar-refractivity contribution in [2.24, 2.45) is 0 Å². The van der Waals surface area contributed by atoms with Crippen molar-refractivity contribution in [2.75, 3.05) is 25.5 Å². The van der Waals surface area contributed by atoms with E-state index in [-0.39, 0.29) is 11.9 Å². The Balaban J connectivity index is 1.32. The maximum Gasteiger partial charge on any atom is 0.227 e. The molecular formula is C19H24N4O2S. The van der Waals surface area contributed by atoms with Crippen molar-refractivity contribution in [3.8, 4) is 5.75 Å². The molecule has 0 saturated heterocycles. The molecule has 1 N–H and O–H groups in total. The minimum Gasteiger partial charge on any atom is -0.497 e. The molecule has 2 aliphatic rings. The Labute approximate surface area is 157 Å². The van der Waals surface area contributed by atoms with Crippen molar-refractivity contribution in [3.05, 3.63) is 34.3 Å². The van der Waals surface area contributed by atoms with E-state index >= 15 is 0 Å². The molecule has 1 saturated carbocycles. The fraction of sp³-hybridized carbons (Fsp3) is 0.526. The van der Waals surface area contributed by atoms with Gasteiger partial charge in [0.1, 0.15) is 10.8 Å². The molecule has 1 aromatic heterocycles. The lowest BCUT2D eigenvalue weighted by Crippen LogP contribution is -2.36. The molecule has 0 spiro atoms. The predicted molar refractivity (Wildman–Crippen MR) is 102 cm³/mol. The minimum atomic E-state index is 0.00661. The molecule has 7 heteroatoms. The lowest BCUT2D eigenvalue weighted by Gasteiger charge is -2.35. The number of benzene rings is 1. The molecule has 0 bridgehead atoms. The number of methoxy groups -OCH3 is 1. The lowest BCUT2D eigenvalue weighted by atomic mass is 9.93. The van der Waals surface area contributed by atoms with Crippen LogP contribution < -0.4 is 10.1 Å². The van der Waals surface area contributed by atoms with Crippen LogP contribution in [0.4, 0.5) is 5.13 Å². The summed E-state index contributed by atoms with van der Waals surface area (Å²) in [5.41, 5.74) is 2.68. The zero-order valence-electron chi connectivity index (χ0n) is 15.2. The number of anilines is 1. The predicted octanol–water partition coefficient (Wildman–Crippen LogP) is 3.37. The quantitative estimate of drug-likeness (QED) is 0.842. The first-order chi connectivity index (χ1) is 12.6. The van der Waals surface area contributed by atoms with E-state index in [2.05, 4.69) is 39.5 Å². The lowest BCUT2D eigenvalue weighted by molar-refractivity contribution is -0.116. The van der Waals surface area contributed by atoms with Crippen LogP contribution in [0.1, 0.15) is 54.3 Å². The maximum absolute atomic E-state index is 12.3. The molecule has 0 radical (unpaired) electrons. The number of nitrogens with one attached hydrogen (secondary N) is 1. The molecule has 6 nitrogen and oxygen atoms in total. The number of rotatable bonds is 6. The number of carbonyl (C=O) groups excluding carboxylic acids is 1. The summed E-state index contributed by atoms with van der Waals surface area (Å²) in [7, 11) is 1.69. The van der Waals surface area contributed by atoms with Gasteiger partial charge in [-0.05, 0) is 49.4 Å². The van der Waals surface area contributed by atoms with Gasteiger partial charge in [-0.15, -0.1) is 10.2 Å². The Kier molecular flexibility index (Phi) is 4.91. The molecule has 1 aliphatic heterocycles. The van der Waals surface area contributed by atoms with Gasteiger partial charge in [0, 0.05) is 31.5 Å². The van der Waals surface area contributed by atoms with E-state index in [1.165, 1.54) is 35.3 Å². The number of fused-ring (bicyclic) bond motifs is 1. The number of carbonyl (C=O) groups is 1. The topological polar surface area (TPSA) is 67.3 Å². The second-order valence-corrected chi connectivity index (χ2v) is 8.05. The first-order valence-electron chi connectivity index (χ1n) is 9.18. The zero-order valence-corrected chi connectivity index (χ0v) is 16.0. The van der Waals surface area contributed by atoms with Gasteiger partial charge in [0.25, 0.3) is 0 Å². The summed E-state index contributed by atoms with van der Waals surface area (Å²) >= 11 is 1.51. The summed E-state index contributed by atoms with van der Waals surface area (Å²) < 4.78 is 5.36. The van der Waals surface area contributed by atoms with Crippen LogP contribution >= 0.6 is 11.3 Å². The highest BCUT2D eigenvalue weighted by atomic mass is 32.1. The van der Waals surface area contributed by atoms with Crippen molar-refractivity contribution in [1.82, 2.24) is 15.1 Å². The van der Waals surface area contributed by atoms with Gasteiger partial charge in [0.05, 0.1) is 7.11 Å². The molecule has 1 amide bonds. The van der Waals surface area contributed by atoms with Gasteiger partial charge < -0.3 is 10.1 Å². The van der Waals surface area contributed by atoms with Crippen LogP contribution in [0, 0.1) is 0 Å². The van der Waals surface area contributed by atoms with Gasteiger partial charge in [-0.3, -0.25) is 9.69 Å². The molecule has 1 atom stereocenters. The molecule has 0 unspecified atom stereocenters. The number of hydrogen-bond acceptors (Lipinski definition) is 6. The molecule has 1 aromatic carbocycles. The first kappa shape index (κ1) is 17.4. The Morgan fingerprint density at radius 3 is 3.00 bits per heavy atom. The highest BCUT2D eigenvalue weighted by molar-refractivity contribution is 7.15. The largest absolute Gasteiger partial charge is 0.497 e. The molecule has 2 aromatic rings. The summed E-state index contributed by atoms with van der Waals surface area (Å²) in [6, 6.07) is 6.57. The summed E-state index contributed by atoms with van der Waals surface area (Å²) in [6.07, 6.45) is 3.86. The summed E-state index contributed by atoms with van der Waals surface area (Å²) in [4.78, 5) is 14.6. The van der Waals surface area contributed by atoms with Crippen molar-refractivity contribution < 1.29 is 9.53 Å². The van der Waals surface area contributed by atoms with Crippen molar-refractivity contribution >= 4 is 22.4 Å². The van der Waals surface area contributed by atoms with Crippen LogP contribution in [0.3, 0.4) is 0 Å².